The van der Waals surface area contributed by atoms with Crippen molar-refractivity contribution in [3.8, 4) is 0 Å². The van der Waals surface area contributed by atoms with E-state index in [1.54, 1.807) is 24.9 Å². The molecule has 1 unspecified atom stereocenters. The van der Waals surface area contributed by atoms with E-state index in [9.17, 15) is 9.59 Å². The molecule has 0 saturated heterocycles. The van der Waals surface area contributed by atoms with Crippen LogP contribution in [0.5, 0.6) is 0 Å². The molecule has 2 amide bonds. The molecule has 0 radical (unpaired) electrons. The van der Waals surface area contributed by atoms with Gasteiger partial charge in [0.15, 0.2) is 0 Å². The van der Waals surface area contributed by atoms with E-state index in [1.807, 2.05) is 50.2 Å². The number of benzene rings is 2. The molecule has 0 aliphatic heterocycles. The maximum absolute atomic E-state index is 13.1. The van der Waals surface area contributed by atoms with Gasteiger partial charge in [0.2, 0.25) is 11.8 Å². The molecular formula is C21H25ClN2O2. The molecule has 4 nitrogen and oxygen atoms in total. The predicted molar refractivity (Wildman–Crippen MR) is 105 cm³/mol. The standard InChI is InChI=1S/C21H25ClN2O2/c1-14-9-10-15(2)18(11-14)12-20(25)24(16(3)21(26)23-4)13-17-7-5-6-8-19(17)22/h5-11,16H,12-13H2,1-4H3,(H,23,26). The van der Waals surface area contributed by atoms with Gasteiger partial charge in [-0.25, -0.2) is 0 Å². The minimum atomic E-state index is -0.589. The highest BCUT2D eigenvalue weighted by Gasteiger charge is 2.26. The zero-order chi connectivity index (χ0) is 19.3. The fraction of sp³-hybridized carbons (Fsp3) is 0.333. The van der Waals surface area contributed by atoms with Crippen LogP contribution < -0.4 is 5.32 Å². The van der Waals surface area contributed by atoms with E-state index in [4.69, 9.17) is 11.6 Å². The Morgan fingerprint density at radius 2 is 1.81 bits per heavy atom. The fourth-order valence-corrected chi connectivity index (χ4v) is 3.05. The number of carbonyl (C=O) groups is 2. The van der Waals surface area contributed by atoms with E-state index in [1.165, 1.54) is 0 Å². The number of nitrogens with zero attached hydrogens (tertiary/aromatic N) is 1. The van der Waals surface area contributed by atoms with Gasteiger partial charge in [0, 0.05) is 18.6 Å². The van der Waals surface area contributed by atoms with Crippen molar-refractivity contribution in [2.45, 2.75) is 39.8 Å². The summed E-state index contributed by atoms with van der Waals surface area (Å²) >= 11 is 6.26. The third-order valence-corrected chi connectivity index (χ3v) is 4.93. The van der Waals surface area contributed by atoms with Crippen molar-refractivity contribution in [3.63, 3.8) is 0 Å². The Hall–Kier alpha value is -2.33. The largest absolute Gasteiger partial charge is 0.357 e. The molecule has 0 aliphatic rings. The van der Waals surface area contributed by atoms with Crippen molar-refractivity contribution < 1.29 is 9.59 Å². The SMILES string of the molecule is CNC(=O)C(C)N(Cc1ccccc1Cl)C(=O)Cc1cc(C)ccc1C. The summed E-state index contributed by atoms with van der Waals surface area (Å²) in [5, 5.41) is 3.20. The maximum Gasteiger partial charge on any atom is 0.242 e. The lowest BCUT2D eigenvalue weighted by Crippen LogP contribution is -2.47. The first kappa shape index (κ1) is 20.0. The summed E-state index contributed by atoms with van der Waals surface area (Å²) in [7, 11) is 1.57. The molecule has 0 bridgehead atoms. The lowest BCUT2D eigenvalue weighted by molar-refractivity contribution is -0.139. The van der Waals surface area contributed by atoms with Gasteiger partial charge in [0.05, 0.1) is 6.42 Å². The number of nitrogens with one attached hydrogen (secondary N) is 1. The molecule has 1 atom stereocenters. The zero-order valence-corrected chi connectivity index (χ0v) is 16.4. The van der Waals surface area contributed by atoms with E-state index in [2.05, 4.69) is 5.32 Å². The van der Waals surface area contributed by atoms with E-state index in [0.717, 1.165) is 22.3 Å². The average Bonchev–Trinajstić information content (AvgIpc) is 2.62. The Bertz CT molecular complexity index is 804. The van der Waals surface area contributed by atoms with Gasteiger partial charge in [-0.2, -0.15) is 0 Å². The van der Waals surface area contributed by atoms with Crippen LogP contribution >= 0.6 is 11.6 Å². The number of carbonyl (C=O) groups excluding carboxylic acids is 2. The smallest absolute Gasteiger partial charge is 0.242 e. The minimum Gasteiger partial charge on any atom is -0.357 e. The monoisotopic (exact) mass is 372 g/mol. The van der Waals surface area contributed by atoms with Gasteiger partial charge in [-0.1, -0.05) is 53.6 Å². The molecular weight excluding hydrogens is 348 g/mol. The summed E-state index contributed by atoms with van der Waals surface area (Å²) in [6.45, 7) is 6.01. The number of halogens is 1. The van der Waals surface area contributed by atoms with Crippen LogP contribution in [0.3, 0.4) is 0 Å². The van der Waals surface area contributed by atoms with Crippen LogP contribution in [0, 0.1) is 13.8 Å². The van der Waals surface area contributed by atoms with Crippen LogP contribution in [0.4, 0.5) is 0 Å². The van der Waals surface area contributed by atoms with Crippen LogP contribution in [-0.4, -0.2) is 29.8 Å². The lowest BCUT2D eigenvalue weighted by atomic mass is 10.0. The van der Waals surface area contributed by atoms with Crippen LogP contribution in [0.15, 0.2) is 42.5 Å². The fourth-order valence-electron chi connectivity index (χ4n) is 2.86. The van der Waals surface area contributed by atoms with Crippen molar-refractivity contribution in [1.29, 1.82) is 0 Å². The highest BCUT2D eigenvalue weighted by Crippen LogP contribution is 2.20. The Kier molecular flexibility index (Phi) is 6.81. The lowest BCUT2D eigenvalue weighted by Gasteiger charge is -2.29. The predicted octanol–water partition coefficient (Wildman–Crippen LogP) is 3.66. The highest BCUT2D eigenvalue weighted by atomic mass is 35.5. The highest BCUT2D eigenvalue weighted by molar-refractivity contribution is 6.31. The summed E-state index contributed by atoms with van der Waals surface area (Å²) in [6.07, 6.45) is 0.249. The first-order chi connectivity index (χ1) is 12.3. The molecule has 0 heterocycles. The van der Waals surface area contributed by atoms with Gasteiger partial charge >= 0.3 is 0 Å². The third kappa shape index (κ3) is 4.85. The van der Waals surface area contributed by atoms with Crippen molar-refractivity contribution in [1.82, 2.24) is 10.2 Å². The Morgan fingerprint density at radius 3 is 2.46 bits per heavy atom. The molecule has 0 spiro atoms. The van der Waals surface area contributed by atoms with Gasteiger partial charge in [0.25, 0.3) is 0 Å². The number of rotatable bonds is 6. The van der Waals surface area contributed by atoms with E-state index < -0.39 is 6.04 Å². The first-order valence-corrected chi connectivity index (χ1v) is 9.02. The van der Waals surface area contributed by atoms with E-state index in [-0.39, 0.29) is 24.8 Å². The van der Waals surface area contributed by atoms with Crippen molar-refractivity contribution >= 4 is 23.4 Å². The van der Waals surface area contributed by atoms with Crippen molar-refractivity contribution in [2.75, 3.05) is 7.05 Å². The molecule has 0 aromatic heterocycles. The van der Waals surface area contributed by atoms with Crippen LogP contribution in [0.25, 0.3) is 0 Å². The molecule has 1 N–H and O–H groups in total. The molecule has 5 heteroatoms. The van der Waals surface area contributed by atoms with Crippen molar-refractivity contribution in [2.24, 2.45) is 0 Å². The number of amides is 2. The third-order valence-electron chi connectivity index (χ3n) is 4.56. The van der Waals surface area contributed by atoms with Crippen molar-refractivity contribution in [3.05, 3.63) is 69.7 Å². The van der Waals surface area contributed by atoms with Gasteiger partial charge in [-0.15, -0.1) is 0 Å². The summed E-state index contributed by atoms with van der Waals surface area (Å²) in [6, 6.07) is 12.8. The van der Waals surface area contributed by atoms with Crippen LogP contribution in [0.1, 0.15) is 29.2 Å². The molecule has 0 saturated carbocycles. The van der Waals surface area contributed by atoms with Gasteiger partial charge in [-0.05, 0) is 43.5 Å². The van der Waals surface area contributed by atoms with Gasteiger partial charge in [-0.3, -0.25) is 9.59 Å². The Morgan fingerprint density at radius 1 is 1.12 bits per heavy atom. The molecule has 2 aromatic rings. The number of aryl methyl sites for hydroxylation is 2. The number of hydrogen-bond acceptors (Lipinski definition) is 2. The first-order valence-electron chi connectivity index (χ1n) is 8.64. The molecule has 2 rings (SSSR count). The van der Waals surface area contributed by atoms with Crippen LogP contribution in [0.2, 0.25) is 5.02 Å². The van der Waals surface area contributed by atoms with E-state index >= 15 is 0 Å². The topological polar surface area (TPSA) is 49.4 Å². The maximum atomic E-state index is 13.1. The Balaban J connectivity index is 2.30. The van der Waals surface area contributed by atoms with Gasteiger partial charge in [0.1, 0.15) is 6.04 Å². The minimum absolute atomic E-state index is 0.102. The second kappa shape index (κ2) is 8.86. The van der Waals surface area contributed by atoms with Crippen LogP contribution in [-0.2, 0) is 22.6 Å². The summed E-state index contributed by atoms with van der Waals surface area (Å²) in [4.78, 5) is 26.8. The summed E-state index contributed by atoms with van der Waals surface area (Å²) in [5.41, 5.74) is 3.96. The summed E-state index contributed by atoms with van der Waals surface area (Å²) in [5.74, 6) is -0.305. The number of likely N-dealkylation sites (N-methyl/N-ethyl adjacent to an activating group) is 1. The molecule has 2 aromatic carbocycles. The second-order valence-corrected chi connectivity index (χ2v) is 6.92. The Labute approximate surface area is 160 Å². The normalized spacial score (nSPS) is 11.7. The molecule has 26 heavy (non-hydrogen) atoms. The second-order valence-electron chi connectivity index (χ2n) is 6.51. The molecule has 0 aliphatic carbocycles. The van der Waals surface area contributed by atoms with E-state index in [0.29, 0.717) is 5.02 Å². The van der Waals surface area contributed by atoms with Gasteiger partial charge < -0.3 is 10.2 Å². The quantitative estimate of drug-likeness (QED) is 0.841. The number of hydrogen-bond donors (Lipinski definition) is 1. The molecule has 138 valence electrons. The molecule has 0 fully saturated rings. The average molecular weight is 373 g/mol. The summed E-state index contributed by atoms with van der Waals surface area (Å²) < 4.78 is 0. The zero-order valence-electron chi connectivity index (χ0n) is 15.7.